The Morgan fingerprint density at radius 3 is 2.27 bits per heavy atom. The predicted octanol–water partition coefficient (Wildman–Crippen LogP) is 3.97. The van der Waals surface area contributed by atoms with Gasteiger partial charge in [0, 0.05) is 6.07 Å². The molecule has 26 heavy (non-hydrogen) atoms. The van der Waals surface area contributed by atoms with Crippen molar-refractivity contribution in [2.75, 3.05) is 25.1 Å². The van der Waals surface area contributed by atoms with E-state index in [2.05, 4.69) is 0 Å². The van der Waals surface area contributed by atoms with Crippen LogP contribution in [-0.2, 0) is 14.8 Å². The average Bonchev–Trinajstić information content (AvgIpc) is 2.61. The van der Waals surface area contributed by atoms with Crippen molar-refractivity contribution in [1.29, 1.82) is 0 Å². The molecule has 0 heterocycles. The number of nitrogens with zero attached hydrogens (tertiary/aromatic N) is 1. The number of methoxy groups -OCH3 is 2. The highest BCUT2D eigenvalue weighted by Crippen LogP contribution is 2.36. The van der Waals surface area contributed by atoms with E-state index in [9.17, 15) is 13.2 Å². The topological polar surface area (TPSA) is 72.9 Å². The van der Waals surface area contributed by atoms with Gasteiger partial charge in [0.1, 0.15) is 18.0 Å². The molecule has 2 rings (SSSR count). The summed E-state index contributed by atoms with van der Waals surface area (Å²) in [6.45, 7) is -0.617. The molecule has 0 amide bonds. The predicted molar refractivity (Wildman–Crippen MR) is 101 cm³/mol. The van der Waals surface area contributed by atoms with Crippen LogP contribution < -0.4 is 13.8 Å². The zero-order valence-corrected chi connectivity index (χ0v) is 16.8. The summed E-state index contributed by atoms with van der Waals surface area (Å²) in [5, 5.41) is -0.620. The Bertz CT molecular complexity index is 933. The number of anilines is 1. The van der Waals surface area contributed by atoms with E-state index in [1.165, 1.54) is 44.6 Å². The Labute approximate surface area is 166 Å². The first-order chi connectivity index (χ1) is 12.2. The standard InChI is InChI=1S/C16H14Cl3NO5S/c1-24-10-3-6-15(25-2)14(7-10)20(9-16(19)21)26(22,23)11-4-5-12(17)13(18)8-11/h3-8H,9H2,1-2H3. The molecule has 2 aromatic carbocycles. The number of sulfonamides is 1. The van der Waals surface area contributed by atoms with Crippen LogP contribution >= 0.6 is 34.8 Å². The Kier molecular flexibility index (Phi) is 6.63. The van der Waals surface area contributed by atoms with Gasteiger partial charge in [-0.05, 0) is 41.9 Å². The van der Waals surface area contributed by atoms with Gasteiger partial charge in [-0.15, -0.1) is 0 Å². The summed E-state index contributed by atoms with van der Waals surface area (Å²) >= 11 is 17.3. The third-order valence-corrected chi connectivity index (χ3v) is 6.02. The maximum Gasteiger partial charge on any atom is 0.264 e. The van der Waals surface area contributed by atoms with Crippen LogP contribution in [0.5, 0.6) is 11.5 Å². The number of benzene rings is 2. The third kappa shape index (κ3) is 4.35. The highest BCUT2D eigenvalue weighted by molar-refractivity contribution is 7.92. The summed E-state index contributed by atoms with van der Waals surface area (Å²) in [6, 6.07) is 8.35. The molecule has 0 N–H and O–H groups in total. The molecule has 0 atom stereocenters. The van der Waals surface area contributed by atoms with Gasteiger partial charge in [0.25, 0.3) is 10.0 Å². The first kappa shape index (κ1) is 20.6. The van der Waals surface area contributed by atoms with Crippen molar-refractivity contribution in [3.05, 3.63) is 46.4 Å². The molecular weight excluding hydrogens is 425 g/mol. The second kappa shape index (κ2) is 8.35. The van der Waals surface area contributed by atoms with Gasteiger partial charge < -0.3 is 9.47 Å². The molecule has 10 heteroatoms. The summed E-state index contributed by atoms with van der Waals surface area (Å²) in [6.07, 6.45) is 0. The van der Waals surface area contributed by atoms with E-state index in [0.717, 1.165) is 4.31 Å². The molecule has 6 nitrogen and oxygen atoms in total. The molecule has 0 unspecified atom stereocenters. The second-order valence-corrected chi connectivity index (χ2v) is 8.08. The highest BCUT2D eigenvalue weighted by atomic mass is 35.5. The quantitative estimate of drug-likeness (QED) is 0.612. The number of rotatable bonds is 7. The first-order valence-electron chi connectivity index (χ1n) is 7.09. The van der Waals surface area contributed by atoms with Crippen LogP contribution in [-0.4, -0.2) is 34.4 Å². The molecule has 0 aliphatic heterocycles. The van der Waals surface area contributed by atoms with Crippen LogP contribution in [0.4, 0.5) is 5.69 Å². The van der Waals surface area contributed by atoms with Gasteiger partial charge in [-0.1, -0.05) is 23.2 Å². The zero-order valence-electron chi connectivity index (χ0n) is 13.7. The summed E-state index contributed by atoms with van der Waals surface area (Å²) in [4.78, 5) is 11.4. The van der Waals surface area contributed by atoms with Crippen LogP contribution in [0, 0.1) is 0 Å². The Morgan fingerprint density at radius 1 is 1.04 bits per heavy atom. The van der Waals surface area contributed by atoms with Crippen molar-refractivity contribution in [1.82, 2.24) is 0 Å². The fraction of sp³-hybridized carbons (Fsp3) is 0.188. The van der Waals surface area contributed by atoms with Crippen LogP contribution in [0.15, 0.2) is 41.3 Å². The van der Waals surface area contributed by atoms with E-state index in [1.807, 2.05) is 0 Å². The smallest absolute Gasteiger partial charge is 0.264 e. The number of halogens is 3. The monoisotopic (exact) mass is 437 g/mol. The van der Waals surface area contributed by atoms with Crippen LogP contribution in [0.1, 0.15) is 0 Å². The molecule has 140 valence electrons. The number of carbonyl (C=O) groups is 1. The average molecular weight is 439 g/mol. The van der Waals surface area contributed by atoms with Gasteiger partial charge in [-0.3, -0.25) is 9.10 Å². The fourth-order valence-corrected chi connectivity index (χ4v) is 4.17. The Hall–Kier alpha value is -1.67. The SMILES string of the molecule is COc1ccc(OC)c(N(CC(=O)Cl)S(=O)(=O)c2ccc(Cl)c(Cl)c2)c1. The number of hydrogen-bond donors (Lipinski definition) is 0. The van der Waals surface area contributed by atoms with Crippen LogP contribution in [0.2, 0.25) is 10.0 Å². The first-order valence-corrected chi connectivity index (χ1v) is 9.66. The minimum absolute atomic E-state index is 0.0579. The van der Waals surface area contributed by atoms with Crippen molar-refractivity contribution in [2.24, 2.45) is 0 Å². The van der Waals surface area contributed by atoms with E-state index < -0.39 is 21.8 Å². The molecule has 0 bridgehead atoms. The van der Waals surface area contributed by atoms with Gasteiger partial charge in [0.15, 0.2) is 0 Å². The van der Waals surface area contributed by atoms with E-state index in [-0.39, 0.29) is 26.4 Å². The van der Waals surface area contributed by atoms with Gasteiger partial charge in [-0.2, -0.15) is 0 Å². The molecule has 0 radical (unpaired) electrons. The largest absolute Gasteiger partial charge is 0.497 e. The minimum atomic E-state index is -4.20. The van der Waals surface area contributed by atoms with Gasteiger partial charge in [0.2, 0.25) is 5.24 Å². The number of hydrogen-bond acceptors (Lipinski definition) is 5. The molecule has 0 aliphatic carbocycles. The van der Waals surface area contributed by atoms with Crippen LogP contribution in [0.25, 0.3) is 0 Å². The fourth-order valence-electron chi connectivity index (χ4n) is 2.17. The van der Waals surface area contributed by atoms with Crippen molar-refractivity contribution in [3.63, 3.8) is 0 Å². The maximum atomic E-state index is 13.1. The van der Waals surface area contributed by atoms with E-state index in [1.54, 1.807) is 6.07 Å². The zero-order chi connectivity index (χ0) is 19.5. The lowest BCUT2D eigenvalue weighted by Gasteiger charge is -2.25. The summed E-state index contributed by atoms with van der Waals surface area (Å²) in [5.41, 5.74) is 0.0897. The Morgan fingerprint density at radius 2 is 1.73 bits per heavy atom. The summed E-state index contributed by atoms with van der Waals surface area (Å²) in [7, 11) is -1.40. The third-order valence-electron chi connectivity index (χ3n) is 3.40. The normalized spacial score (nSPS) is 11.1. The molecule has 2 aromatic rings. The molecule has 0 saturated carbocycles. The highest BCUT2D eigenvalue weighted by Gasteiger charge is 2.30. The maximum absolute atomic E-state index is 13.1. The van der Waals surface area contributed by atoms with E-state index in [4.69, 9.17) is 44.3 Å². The molecular formula is C16H14Cl3NO5S. The molecule has 0 saturated heterocycles. The van der Waals surface area contributed by atoms with E-state index >= 15 is 0 Å². The Balaban J connectivity index is 2.67. The van der Waals surface area contributed by atoms with E-state index in [0.29, 0.717) is 5.75 Å². The van der Waals surface area contributed by atoms with Crippen molar-refractivity contribution < 1.29 is 22.7 Å². The van der Waals surface area contributed by atoms with Crippen molar-refractivity contribution in [2.45, 2.75) is 4.90 Å². The number of ether oxygens (including phenoxy) is 2. The second-order valence-electron chi connectivity index (χ2n) is 4.98. The summed E-state index contributed by atoms with van der Waals surface area (Å²) < 4.78 is 37.4. The van der Waals surface area contributed by atoms with Gasteiger partial charge >= 0.3 is 0 Å². The molecule has 0 spiro atoms. The lowest BCUT2D eigenvalue weighted by Crippen LogP contribution is -2.34. The minimum Gasteiger partial charge on any atom is -0.497 e. The van der Waals surface area contributed by atoms with Gasteiger partial charge in [-0.25, -0.2) is 8.42 Å². The van der Waals surface area contributed by atoms with Crippen molar-refractivity contribution in [3.8, 4) is 11.5 Å². The lowest BCUT2D eigenvalue weighted by atomic mass is 10.2. The lowest BCUT2D eigenvalue weighted by molar-refractivity contribution is -0.110. The van der Waals surface area contributed by atoms with Gasteiger partial charge in [0.05, 0.1) is 34.8 Å². The number of carbonyl (C=O) groups excluding carboxylic acids is 1. The molecule has 0 fully saturated rings. The van der Waals surface area contributed by atoms with Crippen molar-refractivity contribution >= 4 is 55.8 Å². The molecule has 0 aromatic heterocycles. The van der Waals surface area contributed by atoms with Crippen LogP contribution in [0.3, 0.4) is 0 Å². The summed E-state index contributed by atoms with van der Waals surface area (Å²) in [5.74, 6) is 0.588. The molecule has 0 aliphatic rings.